The predicted octanol–water partition coefficient (Wildman–Crippen LogP) is 1.99. The third kappa shape index (κ3) is 4.05. The Balaban J connectivity index is 2.06. The Morgan fingerprint density at radius 2 is 2.07 bits per heavy atom. The summed E-state index contributed by atoms with van der Waals surface area (Å²) < 4.78 is 5.64. The number of hydrogen-bond donors (Lipinski definition) is 2. The number of fused-ring (bicyclic) bond motifs is 1. The molecule has 3 rings (SSSR count). The van der Waals surface area contributed by atoms with Crippen molar-refractivity contribution in [3.8, 4) is 5.75 Å². The molecule has 154 valence electrons. The van der Waals surface area contributed by atoms with Crippen LogP contribution in [0.5, 0.6) is 5.75 Å². The lowest BCUT2D eigenvalue weighted by Crippen LogP contribution is -2.32. The summed E-state index contributed by atoms with van der Waals surface area (Å²) in [5.74, 6) is -1.75. The second-order valence-corrected chi connectivity index (χ2v) is 6.45. The van der Waals surface area contributed by atoms with Gasteiger partial charge in [0.05, 0.1) is 27.1 Å². The molecule has 2 N–H and O–H groups in total. The third-order valence-electron chi connectivity index (χ3n) is 3.99. The van der Waals surface area contributed by atoms with Crippen LogP contribution in [-0.2, 0) is 4.79 Å². The van der Waals surface area contributed by atoms with Crippen LogP contribution in [0.4, 0.5) is 5.69 Å². The highest BCUT2D eigenvalue weighted by molar-refractivity contribution is 6.32. The minimum absolute atomic E-state index is 0.0847. The van der Waals surface area contributed by atoms with Crippen LogP contribution < -0.4 is 16.0 Å². The Morgan fingerprint density at radius 1 is 1.37 bits per heavy atom. The van der Waals surface area contributed by atoms with E-state index in [9.17, 15) is 24.5 Å². The molecule has 1 unspecified atom stereocenters. The van der Waals surface area contributed by atoms with Gasteiger partial charge in [0, 0.05) is 11.6 Å². The molecule has 1 aromatic heterocycles. The minimum Gasteiger partial charge on any atom is -0.479 e. The Bertz CT molecular complexity index is 1310. The molecule has 0 saturated heterocycles. The molecule has 0 aliphatic carbocycles. The number of nitro benzene ring substituents is 1. The van der Waals surface area contributed by atoms with Crippen LogP contribution in [0, 0.1) is 10.1 Å². The van der Waals surface area contributed by atoms with Crippen molar-refractivity contribution >= 4 is 40.4 Å². The van der Waals surface area contributed by atoms with Crippen LogP contribution in [0.1, 0.15) is 12.5 Å². The molecule has 0 radical (unpaired) electrons. The normalized spacial score (nSPS) is 12.2. The molecular weight excluding hydrogens is 420 g/mol. The van der Waals surface area contributed by atoms with Crippen LogP contribution in [0.15, 0.2) is 51.1 Å². The van der Waals surface area contributed by atoms with E-state index in [0.29, 0.717) is 10.2 Å². The number of rotatable bonds is 6. The van der Waals surface area contributed by atoms with Crippen LogP contribution in [0.25, 0.3) is 10.9 Å². The molecule has 0 bridgehead atoms. The summed E-state index contributed by atoms with van der Waals surface area (Å²) in [5.41, 5.74) is -1.66. The van der Waals surface area contributed by atoms with E-state index in [-0.39, 0.29) is 16.0 Å². The number of nitro groups is 1. The zero-order valence-electron chi connectivity index (χ0n) is 15.2. The maximum Gasteiger partial charge on any atom is 0.349 e. The lowest BCUT2D eigenvalue weighted by Gasteiger charge is -2.12. The SMILES string of the molecule is CC(Oc1c(Cl)cc(C=Nn2c(=O)[nH]c3ccccc3c2=O)cc1[N+](=O)[O-])C(=O)O. The summed E-state index contributed by atoms with van der Waals surface area (Å²) in [7, 11) is 0. The monoisotopic (exact) mass is 432 g/mol. The molecule has 0 amide bonds. The van der Waals surface area contributed by atoms with Crippen molar-refractivity contribution in [2.75, 3.05) is 0 Å². The van der Waals surface area contributed by atoms with Gasteiger partial charge in [-0.3, -0.25) is 14.9 Å². The Labute approximate surface area is 171 Å². The number of carboxylic acids is 1. The number of nitrogens with one attached hydrogen (secondary N) is 1. The fourth-order valence-corrected chi connectivity index (χ4v) is 2.80. The first-order valence-corrected chi connectivity index (χ1v) is 8.72. The predicted molar refractivity (Wildman–Crippen MR) is 108 cm³/mol. The topological polar surface area (TPSA) is 157 Å². The summed E-state index contributed by atoms with van der Waals surface area (Å²) in [4.78, 5) is 48.6. The molecule has 0 aliphatic rings. The van der Waals surface area contributed by atoms with Crippen LogP contribution in [0.2, 0.25) is 5.02 Å². The molecule has 0 saturated carbocycles. The smallest absolute Gasteiger partial charge is 0.349 e. The molecule has 0 spiro atoms. The van der Waals surface area contributed by atoms with E-state index in [2.05, 4.69) is 10.1 Å². The third-order valence-corrected chi connectivity index (χ3v) is 4.27. The van der Waals surface area contributed by atoms with Gasteiger partial charge < -0.3 is 14.8 Å². The lowest BCUT2D eigenvalue weighted by atomic mass is 10.2. The van der Waals surface area contributed by atoms with E-state index < -0.39 is 39.7 Å². The number of aliphatic carboxylic acids is 1. The maximum atomic E-state index is 12.5. The number of aromatic nitrogens is 2. The average Bonchev–Trinajstić information content (AvgIpc) is 2.69. The van der Waals surface area contributed by atoms with Crippen molar-refractivity contribution in [2.45, 2.75) is 13.0 Å². The number of carboxylic acid groups (broad SMARTS) is 1. The molecule has 30 heavy (non-hydrogen) atoms. The molecule has 3 aromatic rings. The van der Waals surface area contributed by atoms with Gasteiger partial charge in [-0.15, -0.1) is 4.68 Å². The first-order valence-electron chi connectivity index (χ1n) is 8.35. The number of benzene rings is 2. The summed E-state index contributed by atoms with van der Waals surface area (Å²) >= 11 is 6.03. The summed E-state index contributed by atoms with van der Waals surface area (Å²) in [6, 6.07) is 8.60. The minimum atomic E-state index is -1.38. The number of para-hydroxylation sites is 1. The fraction of sp³-hybridized carbons (Fsp3) is 0.111. The number of ether oxygens (including phenoxy) is 1. The van der Waals surface area contributed by atoms with Crippen molar-refractivity contribution < 1.29 is 19.6 Å². The molecule has 2 aromatic carbocycles. The molecule has 12 heteroatoms. The van der Waals surface area contributed by atoms with Crippen LogP contribution in [-0.4, -0.2) is 38.0 Å². The quantitative estimate of drug-likeness (QED) is 0.342. The van der Waals surface area contributed by atoms with Crippen LogP contribution in [0.3, 0.4) is 0 Å². The number of halogens is 1. The van der Waals surface area contributed by atoms with E-state index in [1.807, 2.05) is 0 Å². The number of nitrogens with zero attached hydrogens (tertiary/aromatic N) is 3. The molecule has 0 aliphatic heterocycles. The van der Waals surface area contributed by atoms with Crippen molar-refractivity contribution in [1.82, 2.24) is 9.66 Å². The molecule has 1 heterocycles. The van der Waals surface area contributed by atoms with Gasteiger partial charge in [-0.2, -0.15) is 5.10 Å². The van der Waals surface area contributed by atoms with Crippen molar-refractivity contribution in [2.24, 2.45) is 5.10 Å². The first kappa shape index (κ1) is 20.7. The Kier molecular flexibility index (Phi) is 5.65. The zero-order valence-corrected chi connectivity index (χ0v) is 16.0. The summed E-state index contributed by atoms with van der Waals surface area (Å²) in [5, 5.41) is 24.1. The van der Waals surface area contributed by atoms with E-state index in [0.717, 1.165) is 12.3 Å². The number of carbonyl (C=O) groups is 1. The fourth-order valence-electron chi connectivity index (χ4n) is 2.54. The van der Waals surface area contributed by atoms with E-state index in [4.69, 9.17) is 21.4 Å². The van der Waals surface area contributed by atoms with Gasteiger partial charge in [0.2, 0.25) is 5.75 Å². The molecular formula is C18H13ClN4O7. The highest BCUT2D eigenvalue weighted by Gasteiger charge is 2.24. The Hall–Kier alpha value is -3.99. The lowest BCUT2D eigenvalue weighted by molar-refractivity contribution is -0.386. The summed E-state index contributed by atoms with van der Waals surface area (Å²) in [6.45, 7) is 1.19. The number of aromatic amines is 1. The van der Waals surface area contributed by atoms with Gasteiger partial charge in [-0.05, 0) is 25.1 Å². The van der Waals surface area contributed by atoms with E-state index in [1.54, 1.807) is 18.2 Å². The van der Waals surface area contributed by atoms with Gasteiger partial charge >= 0.3 is 17.3 Å². The van der Waals surface area contributed by atoms with Gasteiger partial charge in [0.25, 0.3) is 5.56 Å². The highest BCUT2D eigenvalue weighted by Crippen LogP contribution is 2.36. The van der Waals surface area contributed by atoms with Gasteiger partial charge in [-0.1, -0.05) is 23.7 Å². The van der Waals surface area contributed by atoms with E-state index >= 15 is 0 Å². The largest absolute Gasteiger partial charge is 0.479 e. The molecule has 11 nitrogen and oxygen atoms in total. The van der Waals surface area contributed by atoms with Crippen molar-refractivity contribution in [1.29, 1.82) is 0 Å². The van der Waals surface area contributed by atoms with Crippen molar-refractivity contribution in [3.63, 3.8) is 0 Å². The molecule has 1 atom stereocenters. The van der Waals surface area contributed by atoms with Gasteiger partial charge in [0.1, 0.15) is 0 Å². The standard InChI is InChI=1S/C18H13ClN4O7/c1-9(17(25)26)30-15-12(19)6-10(7-14(15)23(28)29)8-20-22-16(24)11-4-2-3-5-13(11)21-18(22)27/h2-9H,1H3,(H,21,27)(H,25,26). The second kappa shape index (κ2) is 8.17. The second-order valence-electron chi connectivity index (χ2n) is 6.04. The number of hydrogen-bond acceptors (Lipinski definition) is 7. The van der Waals surface area contributed by atoms with Crippen molar-refractivity contribution in [3.05, 3.63) is 77.9 Å². The van der Waals surface area contributed by atoms with Crippen LogP contribution >= 0.6 is 11.6 Å². The summed E-state index contributed by atoms with van der Waals surface area (Å²) in [6.07, 6.45) is -0.343. The zero-order chi connectivity index (χ0) is 22.0. The Morgan fingerprint density at radius 3 is 2.73 bits per heavy atom. The first-order chi connectivity index (χ1) is 14.2. The van der Waals surface area contributed by atoms with E-state index in [1.165, 1.54) is 19.1 Å². The molecule has 0 fully saturated rings. The van der Waals surface area contributed by atoms with Gasteiger partial charge in [-0.25, -0.2) is 9.59 Å². The van der Waals surface area contributed by atoms with Gasteiger partial charge in [0.15, 0.2) is 6.10 Å². The average molecular weight is 433 g/mol. The number of H-pyrrole nitrogens is 1. The highest BCUT2D eigenvalue weighted by atomic mass is 35.5. The maximum absolute atomic E-state index is 12.5.